The maximum Gasteiger partial charge on any atom is 0.312 e. The number of halogens is 1. The number of hydrogen-bond donors (Lipinski definition) is 0. The van der Waals surface area contributed by atoms with Gasteiger partial charge in [-0.3, -0.25) is 9.59 Å². The number of fused-ring (bicyclic) bond motifs is 1. The van der Waals surface area contributed by atoms with Gasteiger partial charge in [0.1, 0.15) is 11.5 Å². The molecule has 0 aromatic heterocycles. The smallest absolute Gasteiger partial charge is 0.312 e. The van der Waals surface area contributed by atoms with Crippen molar-refractivity contribution in [2.75, 3.05) is 18.1 Å². The second kappa shape index (κ2) is 6.71. The quantitative estimate of drug-likeness (QED) is 0.434. The lowest BCUT2D eigenvalue weighted by molar-refractivity contribution is -0.152. The first kappa shape index (κ1) is 17.6. The molecule has 0 radical (unpaired) electrons. The van der Waals surface area contributed by atoms with Crippen molar-refractivity contribution in [1.82, 2.24) is 0 Å². The van der Waals surface area contributed by atoms with E-state index in [1.54, 1.807) is 17.0 Å². The van der Waals surface area contributed by atoms with Gasteiger partial charge in [0.05, 0.1) is 25.2 Å². The Kier molecular flexibility index (Phi) is 4.53. The Morgan fingerprint density at radius 2 is 2.12 bits per heavy atom. The standard InChI is InChI=1S/C20H22ClNO4/c1-2-3-4-11-25-19(24)16-15-9-10-20(26-15)12-22(18(23)17(16)20)14-7-5-13(21)6-8-14/h5-10,15-17H,2-4,11-12H2,1H3/t15-,16+,17-,20+/m1/s1. The van der Waals surface area contributed by atoms with E-state index < -0.39 is 17.4 Å². The second-order valence-corrected chi connectivity index (χ2v) is 7.61. The van der Waals surface area contributed by atoms with Gasteiger partial charge >= 0.3 is 5.97 Å². The van der Waals surface area contributed by atoms with Gasteiger partial charge in [-0.05, 0) is 30.7 Å². The van der Waals surface area contributed by atoms with Crippen LogP contribution in [-0.2, 0) is 19.1 Å². The van der Waals surface area contributed by atoms with Gasteiger partial charge in [-0.1, -0.05) is 43.5 Å². The van der Waals surface area contributed by atoms with E-state index in [1.807, 2.05) is 24.3 Å². The number of nitrogens with zero attached hydrogens (tertiary/aromatic N) is 1. The lowest BCUT2D eigenvalue weighted by Crippen LogP contribution is -2.40. The average Bonchev–Trinajstić information content (AvgIpc) is 3.28. The van der Waals surface area contributed by atoms with Crippen LogP contribution in [0.15, 0.2) is 36.4 Å². The number of ether oxygens (including phenoxy) is 2. The number of carbonyl (C=O) groups excluding carboxylic acids is 2. The number of anilines is 1. The van der Waals surface area contributed by atoms with Crippen LogP contribution in [0.4, 0.5) is 5.69 Å². The minimum absolute atomic E-state index is 0.0883. The third kappa shape index (κ3) is 2.74. The Labute approximate surface area is 157 Å². The summed E-state index contributed by atoms with van der Waals surface area (Å²) in [7, 11) is 0. The van der Waals surface area contributed by atoms with E-state index in [9.17, 15) is 9.59 Å². The van der Waals surface area contributed by atoms with Crippen LogP contribution in [0.1, 0.15) is 26.2 Å². The summed E-state index contributed by atoms with van der Waals surface area (Å²) in [5, 5.41) is 0.615. The predicted octanol–water partition coefficient (Wildman–Crippen LogP) is 3.36. The molecule has 1 aromatic rings. The summed E-state index contributed by atoms with van der Waals surface area (Å²) in [5.74, 6) is -1.50. The molecule has 2 fully saturated rings. The molecule has 0 saturated carbocycles. The highest BCUT2D eigenvalue weighted by Crippen LogP contribution is 2.52. The summed E-state index contributed by atoms with van der Waals surface area (Å²) in [5.41, 5.74) is 0.0350. The summed E-state index contributed by atoms with van der Waals surface area (Å²) >= 11 is 5.95. The highest BCUT2D eigenvalue weighted by Gasteiger charge is 2.67. The highest BCUT2D eigenvalue weighted by atomic mass is 35.5. The maximum atomic E-state index is 13.1. The molecule has 3 heterocycles. The Morgan fingerprint density at radius 1 is 1.35 bits per heavy atom. The molecule has 26 heavy (non-hydrogen) atoms. The van der Waals surface area contributed by atoms with Gasteiger partial charge in [0.25, 0.3) is 0 Å². The van der Waals surface area contributed by atoms with Crippen LogP contribution < -0.4 is 4.90 Å². The lowest BCUT2D eigenvalue weighted by atomic mass is 9.77. The molecule has 1 spiro atoms. The molecule has 5 nitrogen and oxygen atoms in total. The lowest BCUT2D eigenvalue weighted by Gasteiger charge is -2.22. The molecule has 6 heteroatoms. The fourth-order valence-electron chi connectivity index (χ4n) is 4.23. The van der Waals surface area contributed by atoms with Crippen LogP contribution in [0.5, 0.6) is 0 Å². The SMILES string of the molecule is CCCCCOC(=O)[C@H]1[C@H]2C=C[C@@]3(CN(c4ccc(Cl)cc4)C(=O)[C@@H]13)O2. The van der Waals surface area contributed by atoms with Crippen molar-refractivity contribution >= 4 is 29.2 Å². The number of hydrogen-bond acceptors (Lipinski definition) is 4. The minimum atomic E-state index is -0.728. The maximum absolute atomic E-state index is 13.1. The Morgan fingerprint density at radius 3 is 2.85 bits per heavy atom. The predicted molar refractivity (Wildman–Crippen MR) is 98.0 cm³/mol. The number of carbonyl (C=O) groups is 2. The van der Waals surface area contributed by atoms with Crippen LogP contribution >= 0.6 is 11.6 Å². The fraction of sp³-hybridized carbons (Fsp3) is 0.500. The van der Waals surface area contributed by atoms with E-state index in [2.05, 4.69) is 6.92 Å². The molecule has 2 bridgehead atoms. The zero-order chi connectivity index (χ0) is 18.3. The van der Waals surface area contributed by atoms with E-state index in [-0.39, 0.29) is 18.0 Å². The summed E-state index contributed by atoms with van der Waals surface area (Å²) in [6, 6.07) is 7.13. The van der Waals surface area contributed by atoms with Crippen molar-refractivity contribution in [3.8, 4) is 0 Å². The molecule has 1 aromatic carbocycles. The first-order chi connectivity index (χ1) is 12.6. The van der Waals surface area contributed by atoms with Gasteiger partial charge in [0.2, 0.25) is 5.91 Å². The largest absolute Gasteiger partial charge is 0.465 e. The molecule has 3 aliphatic rings. The topological polar surface area (TPSA) is 55.8 Å². The van der Waals surface area contributed by atoms with E-state index in [4.69, 9.17) is 21.1 Å². The Hall–Kier alpha value is -1.85. The Bertz CT molecular complexity index is 747. The Balaban J connectivity index is 1.53. The monoisotopic (exact) mass is 375 g/mol. The van der Waals surface area contributed by atoms with Gasteiger partial charge in [0.15, 0.2) is 0 Å². The normalized spacial score (nSPS) is 31.5. The third-order valence-corrected chi connectivity index (χ3v) is 5.75. The van der Waals surface area contributed by atoms with E-state index >= 15 is 0 Å². The third-order valence-electron chi connectivity index (χ3n) is 5.50. The highest BCUT2D eigenvalue weighted by molar-refractivity contribution is 6.30. The molecular weight excluding hydrogens is 354 g/mol. The zero-order valence-electron chi connectivity index (χ0n) is 14.7. The number of rotatable bonds is 6. The second-order valence-electron chi connectivity index (χ2n) is 7.18. The summed E-state index contributed by atoms with van der Waals surface area (Å²) in [4.78, 5) is 27.5. The zero-order valence-corrected chi connectivity index (χ0v) is 15.4. The first-order valence-electron chi connectivity index (χ1n) is 9.16. The summed E-state index contributed by atoms with van der Waals surface area (Å²) in [6.45, 7) is 2.90. The van der Waals surface area contributed by atoms with Crippen molar-refractivity contribution in [1.29, 1.82) is 0 Å². The van der Waals surface area contributed by atoms with Gasteiger partial charge in [-0.15, -0.1) is 0 Å². The molecule has 0 aliphatic carbocycles. The molecule has 1 amide bonds. The molecular formula is C20H22ClNO4. The number of amides is 1. The van der Waals surface area contributed by atoms with Crippen molar-refractivity contribution in [3.63, 3.8) is 0 Å². The molecule has 4 atom stereocenters. The van der Waals surface area contributed by atoms with E-state index in [0.29, 0.717) is 18.2 Å². The van der Waals surface area contributed by atoms with Crippen LogP contribution in [0.2, 0.25) is 5.02 Å². The molecule has 138 valence electrons. The number of benzene rings is 1. The number of unbranched alkanes of at least 4 members (excludes halogenated alkanes) is 2. The number of esters is 1. The molecule has 0 unspecified atom stereocenters. The average molecular weight is 376 g/mol. The van der Waals surface area contributed by atoms with Gasteiger partial charge in [-0.2, -0.15) is 0 Å². The molecule has 0 N–H and O–H groups in total. The van der Waals surface area contributed by atoms with Gasteiger partial charge in [0, 0.05) is 10.7 Å². The van der Waals surface area contributed by atoms with E-state index in [1.165, 1.54) is 0 Å². The van der Waals surface area contributed by atoms with Crippen LogP contribution in [-0.4, -0.2) is 36.7 Å². The first-order valence-corrected chi connectivity index (χ1v) is 9.54. The molecule has 2 saturated heterocycles. The minimum Gasteiger partial charge on any atom is -0.465 e. The van der Waals surface area contributed by atoms with Crippen molar-refractivity contribution in [3.05, 3.63) is 41.4 Å². The van der Waals surface area contributed by atoms with Gasteiger partial charge in [-0.25, -0.2) is 0 Å². The van der Waals surface area contributed by atoms with Crippen molar-refractivity contribution < 1.29 is 19.1 Å². The molecule has 3 aliphatic heterocycles. The van der Waals surface area contributed by atoms with Crippen molar-refractivity contribution in [2.24, 2.45) is 11.8 Å². The van der Waals surface area contributed by atoms with Crippen LogP contribution in [0.3, 0.4) is 0 Å². The van der Waals surface area contributed by atoms with Gasteiger partial charge < -0.3 is 14.4 Å². The summed E-state index contributed by atoms with van der Waals surface area (Å²) < 4.78 is 11.5. The molecule has 4 rings (SSSR count). The fourth-order valence-corrected chi connectivity index (χ4v) is 4.35. The van der Waals surface area contributed by atoms with Crippen molar-refractivity contribution in [2.45, 2.75) is 37.9 Å². The van der Waals surface area contributed by atoms with Crippen LogP contribution in [0, 0.1) is 11.8 Å². The summed E-state index contributed by atoms with van der Waals surface area (Å²) in [6.07, 6.45) is 6.40. The van der Waals surface area contributed by atoms with Crippen LogP contribution in [0.25, 0.3) is 0 Å². The van der Waals surface area contributed by atoms with E-state index in [0.717, 1.165) is 24.9 Å².